The monoisotopic (exact) mass is 379 g/mol. The Kier molecular flexibility index (Phi) is 6.33. The van der Waals surface area contributed by atoms with E-state index in [1.807, 2.05) is 0 Å². The van der Waals surface area contributed by atoms with Gasteiger partial charge in [0, 0.05) is 0 Å². The Morgan fingerprint density at radius 3 is 1.86 bits per heavy atom. The van der Waals surface area contributed by atoms with Gasteiger partial charge in [-0.15, -0.1) is 25.6 Å². The summed E-state index contributed by atoms with van der Waals surface area (Å²) in [4.78, 5) is 0. The van der Waals surface area contributed by atoms with E-state index in [9.17, 15) is 35.1 Å². The molecule has 0 unspecified atom stereocenters. The molecule has 0 spiro atoms. The quantitative estimate of drug-likeness (QED) is 0.761. The van der Waals surface area contributed by atoms with Gasteiger partial charge in [-0.05, 0) is 17.7 Å². The molecule has 2 N–H and O–H groups in total. The summed E-state index contributed by atoms with van der Waals surface area (Å²) in [5.74, 6) is -6.22. The van der Waals surface area contributed by atoms with E-state index < -0.39 is 40.8 Å². The molecule has 0 fully saturated rings. The van der Waals surface area contributed by atoms with Crippen LogP contribution in [0.1, 0.15) is 11.6 Å². The lowest BCUT2D eigenvalue weighted by Gasteiger charge is -2.26. The van der Waals surface area contributed by atoms with Crippen molar-refractivity contribution in [2.24, 2.45) is 5.73 Å². The van der Waals surface area contributed by atoms with Gasteiger partial charge in [0.1, 0.15) is 11.8 Å². The predicted octanol–water partition coefficient (Wildman–Crippen LogP) is 4.86. The molecule has 22 heavy (non-hydrogen) atoms. The van der Waals surface area contributed by atoms with Crippen LogP contribution in [-0.4, -0.2) is 18.5 Å². The molecule has 0 saturated heterocycles. The van der Waals surface area contributed by atoms with Crippen LogP contribution in [0.3, 0.4) is 0 Å². The van der Waals surface area contributed by atoms with Gasteiger partial charge >= 0.3 is 18.5 Å². The molecule has 128 valence electrons. The number of hydrogen-bond acceptors (Lipinski definition) is 2. The first-order valence-corrected chi connectivity index (χ1v) is 5.39. The van der Waals surface area contributed by atoms with Crippen molar-refractivity contribution in [1.82, 2.24) is 0 Å². The van der Waals surface area contributed by atoms with Crippen LogP contribution in [0.4, 0.5) is 35.1 Å². The van der Waals surface area contributed by atoms with Crippen molar-refractivity contribution >= 4 is 24.0 Å². The summed E-state index contributed by atoms with van der Waals surface area (Å²) in [5, 5.41) is -0.807. The van der Waals surface area contributed by atoms with Crippen molar-refractivity contribution in [2.45, 2.75) is 24.5 Å². The van der Waals surface area contributed by atoms with Crippen LogP contribution in [0.15, 0.2) is 18.2 Å². The van der Waals surface area contributed by atoms with Crippen LogP contribution < -0.4 is 10.5 Å². The zero-order chi connectivity index (χ0) is 16.6. The Morgan fingerprint density at radius 2 is 1.50 bits per heavy atom. The van der Waals surface area contributed by atoms with Gasteiger partial charge in [-0.3, -0.25) is 0 Å². The van der Waals surface area contributed by atoms with Gasteiger partial charge in [-0.25, -0.2) is 0 Å². The Balaban J connectivity index is 0.00000441. The Labute approximate surface area is 129 Å². The average molecular weight is 380 g/mol. The Bertz CT molecular complexity index is 517. The van der Waals surface area contributed by atoms with Crippen molar-refractivity contribution in [2.75, 3.05) is 0 Å². The predicted molar refractivity (Wildman–Crippen MR) is 63.3 cm³/mol. The van der Waals surface area contributed by atoms with Crippen LogP contribution in [0.25, 0.3) is 0 Å². The van der Waals surface area contributed by atoms with Crippen LogP contribution in [0, 0.1) is 0 Å². The maximum Gasteiger partial charge on any atom is 0.573 e. The van der Waals surface area contributed by atoms with Crippen LogP contribution in [0.5, 0.6) is 5.75 Å². The van der Waals surface area contributed by atoms with Gasteiger partial charge in [-0.2, -0.15) is 22.0 Å². The van der Waals surface area contributed by atoms with E-state index in [0.29, 0.717) is 18.2 Å². The number of hydrogen-bond donors (Lipinski definition) is 1. The number of halogens is 10. The fourth-order valence-corrected chi connectivity index (χ4v) is 1.53. The molecule has 0 radical (unpaired) electrons. The van der Waals surface area contributed by atoms with E-state index in [1.54, 1.807) is 0 Å². The van der Waals surface area contributed by atoms with Gasteiger partial charge in [0.15, 0.2) is 0 Å². The lowest BCUT2D eigenvalue weighted by Crippen LogP contribution is -2.45. The normalized spacial score (nSPS) is 14.3. The highest BCUT2D eigenvalue weighted by Gasteiger charge is 2.61. The Morgan fingerprint density at radius 1 is 1.00 bits per heavy atom. The zero-order valence-electron chi connectivity index (χ0n) is 10.1. The summed E-state index contributed by atoms with van der Waals surface area (Å²) in [6, 6.07) is -1.34. The lowest BCUT2D eigenvalue weighted by atomic mass is 10.0. The van der Waals surface area contributed by atoms with E-state index in [0.717, 1.165) is 0 Å². The molecule has 1 rings (SSSR count). The Hall–Kier alpha value is -1.00. The fourth-order valence-electron chi connectivity index (χ4n) is 1.30. The van der Waals surface area contributed by atoms with E-state index in [4.69, 9.17) is 17.3 Å². The van der Waals surface area contributed by atoms with Crippen molar-refractivity contribution < 1.29 is 39.9 Å². The van der Waals surface area contributed by atoms with Crippen LogP contribution in [0.2, 0.25) is 5.02 Å². The second-order valence-electron chi connectivity index (χ2n) is 3.84. The van der Waals surface area contributed by atoms with Gasteiger partial charge in [-0.1, -0.05) is 17.7 Å². The first kappa shape index (κ1) is 21.0. The van der Waals surface area contributed by atoms with Gasteiger partial charge < -0.3 is 10.5 Å². The molecule has 1 aromatic rings. The van der Waals surface area contributed by atoms with Crippen LogP contribution in [-0.2, 0) is 0 Å². The largest absolute Gasteiger partial charge is 0.573 e. The summed E-state index contributed by atoms with van der Waals surface area (Å²) < 4.78 is 102. The zero-order valence-corrected chi connectivity index (χ0v) is 11.7. The van der Waals surface area contributed by atoms with Crippen molar-refractivity contribution in [1.29, 1.82) is 0 Å². The third kappa shape index (κ3) is 4.75. The molecule has 1 aromatic carbocycles. The molecular formula is C10H7Cl2F8NO. The maximum atomic E-state index is 13.0. The van der Waals surface area contributed by atoms with Gasteiger partial charge in [0.25, 0.3) is 0 Å². The highest BCUT2D eigenvalue weighted by atomic mass is 35.5. The van der Waals surface area contributed by atoms with Crippen molar-refractivity contribution in [3.8, 4) is 5.75 Å². The topological polar surface area (TPSA) is 35.2 Å². The molecule has 2 nitrogen and oxygen atoms in total. The SMILES string of the molecule is Cl.N[C@@H](c1ccc(OC(F)(F)F)c(Cl)c1)C(F)(F)C(F)(F)F. The molecule has 0 bridgehead atoms. The molecular weight excluding hydrogens is 373 g/mol. The minimum atomic E-state index is -5.92. The summed E-state index contributed by atoms with van der Waals surface area (Å²) in [6.07, 6.45) is -11.0. The fraction of sp³-hybridized carbons (Fsp3) is 0.400. The first-order chi connectivity index (χ1) is 9.25. The summed E-state index contributed by atoms with van der Waals surface area (Å²) in [5.41, 5.74) is 4.02. The third-order valence-electron chi connectivity index (χ3n) is 2.31. The van der Waals surface area contributed by atoms with E-state index in [2.05, 4.69) is 4.74 Å². The number of alkyl halides is 8. The molecule has 0 aliphatic rings. The summed E-state index contributed by atoms with van der Waals surface area (Å²) in [7, 11) is 0. The van der Waals surface area contributed by atoms with E-state index >= 15 is 0 Å². The highest BCUT2D eigenvalue weighted by molar-refractivity contribution is 6.32. The third-order valence-corrected chi connectivity index (χ3v) is 2.60. The molecule has 12 heteroatoms. The summed E-state index contributed by atoms with van der Waals surface area (Å²) >= 11 is 5.34. The standard InChI is InChI=1S/C10H6ClF8NO.ClH/c11-5-3-4(1-2-6(5)21-10(17,18)19)7(20)8(12,13)9(14,15)16;/h1-3,7H,20H2;1H/t7-;/m0./s1. The summed E-state index contributed by atoms with van der Waals surface area (Å²) in [6.45, 7) is 0. The second kappa shape index (κ2) is 6.63. The maximum absolute atomic E-state index is 13.0. The van der Waals surface area contributed by atoms with Crippen LogP contribution >= 0.6 is 24.0 Å². The number of nitrogens with two attached hydrogens (primary N) is 1. The van der Waals surface area contributed by atoms with Crippen molar-refractivity contribution in [3.63, 3.8) is 0 Å². The molecule has 0 aromatic heterocycles. The molecule has 0 amide bonds. The number of ether oxygens (including phenoxy) is 1. The minimum absolute atomic E-state index is 0. The molecule has 0 saturated carbocycles. The van der Waals surface area contributed by atoms with E-state index in [1.165, 1.54) is 0 Å². The average Bonchev–Trinajstić information content (AvgIpc) is 2.27. The molecule has 0 heterocycles. The van der Waals surface area contributed by atoms with Crippen molar-refractivity contribution in [3.05, 3.63) is 28.8 Å². The smallest absolute Gasteiger partial charge is 0.404 e. The molecule has 0 aliphatic carbocycles. The van der Waals surface area contributed by atoms with Gasteiger partial charge in [0.05, 0.1) is 5.02 Å². The molecule has 0 aliphatic heterocycles. The highest BCUT2D eigenvalue weighted by Crippen LogP contribution is 2.44. The second-order valence-corrected chi connectivity index (χ2v) is 4.24. The van der Waals surface area contributed by atoms with Gasteiger partial charge in [0.2, 0.25) is 0 Å². The minimum Gasteiger partial charge on any atom is -0.404 e. The molecule has 1 atom stereocenters. The number of benzene rings is 1. The van der Waals surface area contributed by atoms with E-state index in [-0.39, 0.29) is 12.4 Å². The first-order valence-electron chi connectivity index (χ1n) is 5.01. The lowest BCUT2D eigenvalue weighted by molar-refractivity contribution is -0.291. The number of rotatable bonds is 3.